The summed E-state index contributed by atoms with van der Waals surface area (Å²) < 4.78 is 0.685. The van der Waals surface area contributed by atoms with Gasteiger partial charge in [0.05, 0.1) is 10.6 Å². The lowest BCUT2D eigenvalue weighted by atomic mass is 10.1. The van der Waals surface area contributed by atoms with E-state index in [2.05, 4.69) is 21.2 Å². The van der Waals surface area contributed by atoms with Crippen molar-refractivity contribution in [1.82, 2.24) is 0 Å². The van der Waals surface area contributed by atoms with Crippen LogP contribution in [0.5, 0.6) is 0 Å². The molecular formula is C14H10BrCl2NO. The third kappa shape index (κ3) is 3.30. The van der Waals surface area contributed by atoms with E-state index in [1.807, 2.05) is 13.0 Å². The van der Waals surface area contributed by atoms with E-state index in [1.54, 1.807) is 30.3 Å². The highest BCUT2D eigenvalue weighted by atomic mass is 79.9. The maximum atomic E-state index is 12.2. The number of aryl methyl sites for hydroxylation is 1. The van der Waals surface area contributed by atoms with Crippen molar-refractivity contribution < 1.29 is 4.79 Å². The lowest BCUT2D eigenvalue weighted by Gasteiger charge is -2.10. The Morgan fingerprint density at radius 2 is 1.95 bits per heavy atom. The van der Waals surface area contributed by atoms with E-state index in [1.165, 1.54) is 0 Å². The van der Waals surface area contributed by atoms with Gasteiger partial charge in [0.2, 0.25) is 0 Å². The predicted octanol–water partition coefficient (Wildman–Crippen LogP) is 5.32. The summed E-state index contributed by atoms with van der Waals surface area (Å²) in [6.07, 6.45) is 0. The second-order valence-electron chi connectivity index (χ2n) is 4.01. The van der Waals surface area contributed by atoms with Crippen molar-refractivity contribution in [2.45, 2.75) is 6.92 Å². The number of benzene rings is 2. The van der Waals surface area contributed by atoms with E-state index >= 15 is 0 Å². The average Bonchev–Trinajstić information content (AvgIpc) is 2.37. The number of halogens is 3. The molecule has 0 spiro atoms. The summed E-state index contributed by atoms with van der Waals surface area (Å²) in [4.78, 5) is 12.2. The van der Waals surface area contributed by atoms with Crippen LogP contribution in [0.15, 0.2) is 40.9 Å². The van der Waals surface area contributed by atoms with Gasteiger partial charge in [-0.25, -0.2) is 0 Å². The van der Waals surface area contributed by atoms with Gasteiger partial charge < -0.3 is 5.32 Å². The van der Waals surface area contributed by atoms with Gasteiger partial charge in [-0.2, -0.15) is 0 Å². The van der Waals surface area contributed by atoms with Crippen LogP contribution in [0.1, 0.15) is 15.9 Å². The molecule has 0 saturated carbocycles. The third-order valence-electron chi connectivity index (χ3n) is 2.64. The number of carbonyl (C=O) groups excluding carboxylic acids is 1. The zero-order valence-electron chi connectivity index (χ0n) is 10.0. The molecule has 0 atom stereocenters. The fourth-order valence-electron chi connectivity index (χ4n) is 1.60. The minimum absolute atomic E-state index is 0.267. The lowest BCUT2D eigenvalue weighted by molar-refractivity contribution is 0.102. The molecule has 0 unspecified atom stereocenters. The SMILES string of the molecule is Cc1ccc(Cl)cc1NC(=O)c1cccc(Br)c1Cl. The van der Waals surface area contributed by atoms with E-state index in [-0.39, 0.29) is 5.91 Å². The molecule has 98 valence electrons. The van der Waals surface area contributed by atoms with E-state index < -0.39 is 0 Å². The Morgan fingerprint density at radius 1 is 1.21 bits per heavy atom. The Balaban J connectivity index is 2.31. The predicted molar refractivity (Wildman–Crippen MR) is 83.3 cm³/mol. The van der Waals surface area contributed by atoms with Crippen LogP contribution in [0, 0.1) is 6.92 Å². The molecule has 0 aliphatic rings. The van der Waals surface area contributed by atoms with Gasteiger partial charge in [-0.15, -0.1) is 0 Å². The summed E-state index contributed by atoms with van der Waals surface area (Å²) in [6.45, 7) is 1.90. The topological polar surface area (TPSA) is 29.1 Å². The Hall–Kier alpha value is -1.03. The molecule has 0 aliphatic carbocycles. The van der Waals surface area contributed by atoms with Crippen LogP contribution in [0.25, 0.3) is 0 Å². The molecule has 1 N–H and O–H groups in total. The summed E-state index contributed by atoms with van der Waals surface area (Å²) in [5.74, 6) is -0.267. The van der Waals surface area contributed by atoms with Gasteiger partial charge in [-0.1, -0.05) is 35.3 Å². The van der Waals surface area contributed by atoms with Crippen molar-refractivity contribution in [3.63, 3.8) is 0 Å². The van der Waals surface area contributed by atoms with Crippen LogP contribution in [-0.4, -0.2) is 5.91 Å². The molecule has 2 aromatic carbocycles. The van der Waals surface area contributed by atoms with Crippen molar-refractivity contribution in [3.05, 3.63) is 62.0 Å². The minimum Gasteiger partial charge on any atom is -0.322 e. The van der Waals surface area contributed by atoms with E-state index in [9.17, 15) is 4.79 Å². The summed E-state index contributed by atoms with van der Waals surface area (Å²) in [7, 11) is 0. The van der Waals surface area contributed by atoms with Gasteiger partial charge in [0.1, 0.15) is 0 Å². The van der Waals surface area contributed by atoms with Crippen molar-refractivity contribution >= 4 is 50.7 Å². The zero-order chi connectivity index (χ0) is 14.0. The molecule has 0 radical (unpaired) electrons. The van der Waals surface area contributed by atoms with Crippen molar-refractivity contribution in [2.75, 3.05) is 5.32 Å². The molecule has 0 heterocycles. The first-order valence-corrected chi connectivity index (χ1v) is 7.05. The highest BCUT2D eigenvalue weighted by molar-refractivity contribution is 9.10. The molecule has 2 nitrogen and oxygen atoms in total. The number of rotatable bonds is 2. The van der Waals surface area contributed by atoms with E-state index in [4.69, 9.17) is 23.2 Å². The molecule has 1 amide bonds. The van der Waals surface area contributed by atoms with Gasteiger partial charge in [-0.05, 0) is 52.7 Å². The zero-order valence-corrected chi connectivity index (χ0v) is 13.1. The molecule has 2 rings (SSSR count). The number of anilines is 1. The molecule has 5 heteroatoms. The maximum absolute atomic E-state index is 12.2. The third-order valence-corrected chi connectivity index (χ3v) is 4.18. The van der Waals surface area contributed by atoms with Gasteiger partial charge >= 0.3 is 0 Å². The van der Waals surface area contributed by atoms with Crippen LogP contribution < -0.4 is 5.32 Å². The van der Waals surface area contributed by atoms with Crippen LogP contribution in [0.3, 0.4) is 0 Å². The Labute approximate surface area is 129 Å². The molecule has 19 heavy (non-hydrogen) atoms. The standard InChI is InChI=1S/C14H10BrCl2NO/c1-8-5-6-9(16)7-12(8)18-14(19)10-3-2-4-11(15)13(10)17/h2-7H,1H3,(H,18,19). The first-order chi connectivity index (χ1) is 8.99. The molecule has 0 saturated heterocycles. The number of nitrogens with one attached hydrogen (secondary N) is 1. The van der Waals surface area contributed by atoms with Crippen LogP contribution in [0.4, 0.5) is 5.69 Å². The Bertz CT molecular complexity index is 643. The molecule has 0 fully saturated rings. The lowest BCUT2D eigenvalue weighted by Crippen LogP contribution is -2.13. The quantitative estimate of drug-likeness (QED) is 0.773. The maximum Gasteiger partial charge on any atom is 0.257 e. The summed E-state index contributed by atoms with van der Waals surface area (Å²) in [6, 6.07) is 10.5. The smallest absolute Gasteiger partial charge is 0.257 e. The fraction of sp³-hybridized carbons (Fsp3) is 0.0714. The van der Waals surface area contributed by atoms with Crippen LogP contribution in [0.2, 0.25) is 10.0 Å². The highest BCUT2D eigenvalue weighted by Gasteiger charge is 2.13. The monoisotopic (exact) mass is 357 g/mol. The van der Waals surface area contributed by atoms with Gasteiger partial charge in [0.15, 0.2) is 0 Å². The first kappa shape index (κ1) is 14.4. The Morgan fingerprint density at radius 3 is 2.68 bits per heavy atom. The van der Waals surface area contributed by atoms with Crippen molar-refractivity contribution in [1.29, 1.82) is 0 Å². The summed E-state index contributed by atoms with van der Waals surface area (Å²) in [5, 5.41) is 3.77. The number of carbonyl (C=O) groups is 1. The molecule has 0 aromatic heterocycles. The number of hydrogen-bond acceptors (Lipinski definition) is 1. The largest absolute Gasteiger partial charge is 0.322 e. The fourth-order valence-corrected chi connectivity index (χ4v) is 2.35. The highest BCUT2D eigenvalue weighted by Crippen LogP contribution is 2.27. The minimum atomic E-state index is -0.267. The number of amides is 1. The van der Waals surface area contributed by atoms with Crippen LogP contribution >= 0.6 is 39.1 Å². The van der Waals surface area contributed by atoms with Crippen molar-refractivity contribution in [2.24, 2.45) is 0 Å². The van der Waals surface area contributed by atoms with Gasteiger partial charge in [0.25, 0.3) is 5.91 Å². The van der Waals surface area contributed by atoms with E-state index in [0.717, 1.165) is 5.56 Å². The second-order valence-corrected chi connectivity index (χ2v) is 5.68. The molecular weight excluding hydrogens is 349 g/mol. The number of hydrogen-bond donors (Lipinski definition) is 1. The molecule has 0 aliphatic heterocycles. The van der Waals surface area contributed by atoms with Gasteiger partial charge in [-0.3, -0.25) is 4.79 Å². The molecule has 0 bridgehead atoms. The summed E-state index contributed by atoms with van der Waals surface area (Å²) in [5.41, 5.74) is 2.02. The normalized spacial score (nSPS) is 10.3. The second kappa shape index (κ2) is 5.95. The van der Waals surface area contributed by atoms with Crippen LogP contribution in [-0.2, 0) is 0 Å². The summed E-state index contributed by atoms with van der Waals surface area (Å²) >= 11 is 15.3. The van der Waals surface area contributed by atoms with Crippen molar-refractivity contribution in [3.8, 4) is 0 Å². The first-order valence-electron chi connectivity index (χ1n) is 5.50. The Kier molecular flexibility index (Phi) is 4.50. The average molecular weight is 359 g/mol. The molecule has 2 aromatic rings. The van der Waals surface area contributed by atoms with E-state index in [0.29, 0.717) is 25.8 Å². The van der Waals surface area contributed by atoms with Gasteiger partial charge in [0, 0.05) is 15.2 Å².